The Morgan fingerprint density at radius 1 is 1.39 bits per heavy atom. The molecular formula is C17H22BrN3O2. The summed E-state index contributed by atoms with van der Waals surface area (Å²) < 4.78 is 2.32. The minimum atomic E-state index is -0.219. The maximum Gasteiger partial charge on any atom is 0.261 e. The highest BCUT2D eigenvalue weighted by molar-refractivity contribution is 9.10. The van der Waals surface area contributed by atoms with Gasteiger partial charge < -0.3 is 5.32 Å². The molecule has 0 spiro atoms. The summed E-state index contributed by atoms with van der Waals surface area (Å²) in [5.41, 5.74) is 0.309. The number of aryl methyl sites for hydroxylation is 1. The van der Waals surface area contributed by atoms with Crippen molar-refractivity contribution in [2.45, 2.75) is 52.1 Å². The largest absolute Gasteiger partial charge is 0.351 e. The normalized spacial score (nSPS) is 11.7. The number of hydrogen-bond donors (Lipinski definition) is 1. The number of carbonyl (C=O) groups is 1. The van der Waals surface area contributed by atoms with E-state index >= 15 is 0 Å². The Morgan fingerprint density at radius 3 is 2.83 bits per heavy atom. The fraction of sp³-hybridized carbons (Fsp3) is 0.471. The van der Waals surface area contributed by atoms with E-state index in [1.165, 1.54) is 10.9 Å². The minimum Gasteiger partial charge on any atom is -0.351 e. The van der Waals surface area contributed by atoms with E-state index in [2.05, 4.69) is 33.2 Å². The van der Waals surface area contributed by atoms with Crippen LogP contribution in [0.2, 0.25) is 0 Å². The average Bonchev–Trinajstić information content (AvgIpc) is 2.46. The Hall–Kier alpha value is -1.69. The molecule has 1 amide bonds. The minimum absolute atomic E-state index is 0.0512. The van der Waals surface area contributed by atoms with Crippen LogP contribution < -0.4 is 10.9 Å². The molecule has 124 valence electrons. The van der Waals surface area contributed by atoms with Crippen molar-refractivity contribution in [2.24, 2.45) is 0 Å². The Kier molecular flexibility index (Phi) is 5.57. The summed E-state index contributed by atoms with van der Waals surface area (Å²) in [7, 11) is 0. The number of benzene rings is 1. The van der Waals surface area contributed by atoms with Crippen LogP contribution in [-0.4, -0.2) is 21.0 Å². The maximum atomic E-state index is 12.5. The first-order chi connectivity index (χ1) is 10.8. The van der Waals surface area contributed by atoms with Gasteiger partial charge in [0.15, 0.2) is 0 Å². The fourth-order valence-electron chi connectivity index (χ4n) is 2.64. The number of amides is 1. The first-order valence-electron chi connectivity index (χ1n) is 7.78. The number of halogens is 1. The molecule has 0 saturated carbocycles. The van der Waals surface area contributed by atoms with Crippen LogP contribution in [0.25, 0.3) is 10.9 Å². The first kappa shape index (κ1) is 17.7. The van der Waals surface area contributed by atoms with Gasteiger partial charge in [-0.1, -0.05) is 29.3 Å². The highest BCUT2D eigenvalue weighted by atomic mass is 79.9. The first-order valence-corrected chi connectivity index (χ1v) is 8.57. The lowest BCUT2D eigenvalue weighted by atomic mass is 9.99. The standard InChI is InChI=1S/C17H22BrN3O2/c1-4-8-17(2,3)20-15(22)7-9-21-11-19-14-6-5-12(18)10-13(14)16(21)23/h5-6,10-11H,4,7-9H2,1-3H3,(H,20,22). The Bertz CT molecular complexity index is 768. The van der Waals surface area contributed by atoms with Gasteiger partial charge in [0.25, 0.3) is 5.56 Å². The van der Waals surface area contributed by atoms with Crippen molar-refractivity contribution in [2.75, 3.05) is 0 Å². The quantitative estimate of drug-likeness (QED) is 0.837. The van der Waals surface area contributed by atoms with Crippen molar-refractivity contribution < 1.29 is 4.79 Å². The number of hydrogen-bond acceptors (Lipinski definition) is 3. The molecule has 0 bridgehead atoms. The lowest BCUT2D eigenvalue weighted by Crippen LogP contribution is -2.43. The third kappa shape index (κ3) is 4.64. The summed E-state index contributed by atoms with van der Waals surface area (Å²) in [5.74, 6) is -0.0512. The monoisotopic (exact) mass is 379 g/mol. The summed E-state index contributed by atoms with van der Waals surface area (Å²) in [5, 5.41) is 3.56. The van der Waals surface area contributed by atoms with Crippen molar-refractivity contribution >= 4 is 32.7 Å². The zero-order chi connectivity index (χ0) is 17.0. The molecular weight excluding hydrogens is 358 g/mol. The van der Waals surface area contributed by atoms with Gasteiger partial charge in [-0.25, -0.2) is 4.98 Å². The van der Waals surface area contributed by atoms with E-state index < -0.39 is 0 Å². The molecule has 0 aliphatic rings. The number of fused-ring (bicyclic) bond motifs is 1. The molecule has 0 aliphatic heterocycles. The van der Waals surface area contributed by atoms with Gasteiger partial charge in [-0.3, -0.25) is 14.2 Å². The molecule has 1 N–H and O–H groups in total. The molecule has 0 fully saturated rings. The molecule has 0 unspecified atom stereocenters. The number of nitrogens with zero attached hydrogens (tertiary/aromatic N) is 2. The predicted molar refractivity (Wildman–Crippen MR) is 95.4 cm³/mol. The van der Waals surface area contributed by atoms with E-state index in [0.29, 0.717) is 17.4 Å². The third-order valence-corrected chi connectivity index (χ3v) is 4.21. The van der Waals surface area contributed by atoms with Gasteiger partial charge in [0.2, 0.25) is 5.91 Å². The number of carbonyl (C=O) groups excluding carboxylic acids is 1. The molecule has 0 atom stereocenters. The van der Waals surface area contributed by atoms with Crippen LogP contribution in [0.3, 0.4) is 0 Å². The van der Waals surface area contributed by atoms with Gasteiger partial charge >= 0.3 is 0 Å². The zero-order valence-corrected chi connectivity index (χ0v) is 15.3. The number of rotatable bonds is 6. The van der Waals surface area contributed by atoms with Crippen LogP contribution >= 0.6 is 15.9 Å². The molecule has 0 saturated heterocycles. The Labute approximate surface area is 144 Å². The van der Waals surface area contributed by atoms with Gasteiger partial charge in [-0.05, 0) is 38.5 Å². The molecule has 0 radical (unpaired) electrons. The smallest absolute Gasteiger partial charge is 0.261 e. The van der Waals surface area contributed by atoms with Gasteiger partial charge in [0.1, 0.15) is 0 Å². The third-order valence-electron chi connectivity index (χ3n) is 3.72. The van der Waals surface area contributed by atoms with Crippen LogP contribution in [0.1, 0.15) is 40.0 Å². The van der Waals surface area contributed by atoms with Gasteiger partial charge in [-0.15, -0.1) is 0 Å². The van der Waals surface area contributed by atoms with E-state index in [1.807, 2.05) is 19.9 Å². The van der Waals surface area contributed by atoms with Crippen LogP contribution in [0, 0.1) is 0 Å². The van der Waals surface area contributed by atoms with Crippen molar-refractivity contribution in [3.63, 3.8) is 0 Å². The summed E-state index contributed by atoms with van der Waals surface area (Å²) >= 11 is 3.36. The van der Waals surface area contributed by atoms with Crippen molar-refractivity contribution in [1.82, 2.24) is 14.9 Å². The van der Waals surface area contributed by atoms with Crippen LogP contribution in [0.15, 0.2) is 33.8 Å². The fourth-order valence-corrected chi connectivity index (χ4v) is 3.00. The molecule has 6 heteroatoms. The number of aromatic nitrogens is 2. The molecule has 2 rings (SSSR count). The average molecular weight is 380 g/mol. The number of nitrogens with one attached hydrogen (secondary N) is 1. The molecule has 1 heterocycles. The van der Waals surface area contributed by atoms with Crippen LogP contribution in [0.4, 0.5) is 0 Å². The van der Waals surface area contributed by atoms with E-state index in [1.54, 1.807) is 12.1 Å². The second-order valence-electron chi connectivity index (χ2n) is 6.34. The van der Waals surface area contributed by atoms with Gasteiger partial charge in [0, 0.05) is 23.0 Å². The summed E-state index contributed by atoms with van der Waals surface area (Å²) in [6.07, 6.45) is 3.69. The molecule has 2 aromatic rings. The van der Waals surface area contributed by atoms with E-state index in [4.69, 9.17) is 0 Å². The molecule has 23 heavy (non-hydrogen) atoms. The Morgan fingerprint density at radius 2 is 2.13 bits per heavy atom. The van der Waals surface area contributed by atoms with Gasteiger partial charge in [0.05, 0.1) is 17.2 Å². The van der Waals surface area contributed by atoms with Crippen LogP contribution in [0.5, 0.6) is 0 Å². The van der Waals surface area contributed by atoms with E-state index in [9.17, 15) is 9.59 Å². The second-order valence-corrected chi connectivity index (χ2v) is 7.25. The van der Waals surface area contributed by atoms with Gasteiger partial charge in [-0.2, -0.15) is 0 Å². The molecule has 5 nitrogen and oxygen atoms in total. The highest BCUT2D eigenvalue weighted by Gasteiger charge is 2.19. The molecule has 1 aromatic carbocycles. The molecule has 1 aromatic heterocycles. The maximum absolute atomic E-state index is 12.5. The lowest BCUT2D eigenvalue weighted by Gasteiger charge is -2.25. The van der Waals surface area contributed by atoms with Crippen LogP contribution in [-0.2, 0) is 11.3 Å². The summed E-state index contributed by atoms with van der Waals surface area (Å²) in [4.78, 5) is 28.8. The molecule has 0 aliphatic carbocycles. The van der Waals surface area contributed by atoms with E-state index in [0.717, 1.165) is 17.3 Å². The SMILES string of the molecule is CCCC(C)(C)NC(=O)CCn1cnc2ccc(Br)cc2c1=O. The van der Waals surface area contributed by atoms with E-state index in [-0.39, 0.29) is 23.4 Å². The summed E-state index contributed by atoms with van der Waals surface area (Å²) in [6.45, 7) is 6.43. The van der Waals surface area contributed by atoms with Crippen molar-refractivity contribution in [3.8, 4) is 0 Å². The van der Waals surface area contributed by atoms with Crippen molar-refractivity contribution in [1.29, 1.82) is 0 Å². The second kappa shape index (κ2) is 7.25. The van der Waals surface area contributed by atoms with Crippen molar-refractivity contribution in [3.05, 3.63) is 39.4 Å². The summed E-state index contributed by atoms with van der Waals surface area (Å²) in [6, 6.07) is 5.40. The topological polar surface area (TPSA) is 64.0 Å². The lowest BCUT2D eigenvalue weighted by molar-refractivity contribution is -0.123. The highest BCUT2D eigenvalue weighted by Crippen LogP contribution is 2.15. The Balaban J connectivity index is 2.09. The predicted octanol–water partition coefficient (Wildman–Crippen LogP) is 3.24. The zero-order valence-electron chi connectivity index (χ0n) is 13.7.